The second-order valence-corrected chi connectivity index (χ2v) is 5.72. The summed E-state index contributed by atoms with van der Waals surface area (Å²) < 4.78 is 0. The minimum atomic E-state index is 0.103. The number of hydrogen-bond donors (Lipinski definition) is 1. The topological polar surface area (TPSA) is 29.1 Å². The van der Waals surface area contributed by atoms with Gasteiger partial charge in [-0.05, 0) is 48.8 Å². The van der Waals surface area contributed by atoms with Crippen LogP contribution in [0, 0.1) is 11.3 Å². The zero-order valence-corrected chi connectivity index (χ0v) is 10.5. The van der Waals surface area contributed by atoms with Crippen molar-refractivity contribution in [1.82, 2.24) is 5.32 Å². The first kappa shape index (κ1) is 11.6. The van der Waals surface area contributed by atoms with Crippen LogP contribution in [0.2, 0.25) is 0 Å². The van der Waals surface area contributed by atoms with Gasteiger partial charge >= 0.3 is 0 Å². The number of ketones is 1. The van der Waals surface area contributed by atoms with Crippen LogP contribution in [-0.2, 0) is 4.79 Å². The fraction of sp³-hybridized carbons (Fsp3) is 0.643. The van der Waals surface area contributed by atoms with Crippen molar-refractivity contribution < 1.29 is 4.79 Å². The third-order valence-corrected chi connectivity index (χ3v) is 3.92. The Hall–Kier alpha value is -0.890. The van der Waals surface area contributed by atoms with Crippen molar-refractivity contribution in [2.24, 2.45) is 11.3 Å². The monoisotopic (exact) mass is 219 g/mol. The molecule has 0 amide bonds. The van der Waals surface area contributed by atoms with Crippen LogP contribution in [-0.4, -0.2) is 18.9 Å². The van der Waals surface area contributed by atoms with Crippen molar-refractivity contribution in [1.29, 1.82) is 0 Å². The Morgan fingerprint density at radius 1 is 1.44 bits per heavy atom. The summed E-state index contributed by atoms with van der Waals surface area (Å²) in [4.78, 5) is 12.0. The molecular weight excluding hydrogens is 198 g/mol. The van der Waals surface area contributed by atoms with Crippen LogP contribution in [0.4, 0.5) is 0 Å². The lowest BCUT2D eigenvalue weighted by Crippen LogP contribution is -2.31. The minimum Gasteiger partial charge on any atom is -0.316 e. The lowest BCUT2D eigenvalue weighted by molar-refractivity contribution is -0.113. The van der Waals surface area contributed by atoms with Gasteiger partial charge in [-0.2, -0.15) is 0 Å². The molecule has 0 spiro atoms. The van der Waals surface area contributed by atoms with Gasteiger partial charge in [0.25, 0.3) is 0 Å². The Balaban J connectivity index is 2.44. The van der Waals surface area contributed by atoms with Crippen LogP contribution in [0.1, 0.15) is 33.6 Å². The summed E-state index contributed by atoms with van der Waals surface area (Å²) in [5, 5.41) is 3.39. The number of carbonyl (C=O) groups excluding carboxylic acids is 1. The molecule has 2 rings (SSSR count). The Bertz CT molecular complexity index is 370. The van der Waals surface area contributed by atoms with E-state index in [-0.39, 0.29) is 11.2 Å². The van der Waals surface area contributed by atoms with Crippen molar-refractivity contribution in [3.05, 3.63) is 23.3 Å². The predicted octanol–water partition coefficient (Wildman–Crippen LogP) is 2.47. The summed E-state index contributed by atoms with van der Waals surface area (Å²) in [5.41, 5.74) is 3.20. The fourth-order valence-electron chi connectivity index (χ4n) is 3.36. The summed E-state index contributed by atoms with van der Waals surface area (Å²) >= 11 is 0. The highest BCUT2D eigenvalue weighted by atomic mass is 16.1. The molecule has 1 aliphatic carbocycles. The summed E-state index contributed by atoms with van der Waals surface area (Å²) in [7, 11) is 0. The zero-order chi connectivity index (χ0) is 11.9. The van der Waals surface area contributed by atoms with E-state index in [1.165, 1.54) is 5.57 Å². The number of carbonyl (C=O) groups is 1. The smallest absolute Gasteiger partial charge is 0.184 e. The molecule has 1 atom stereocenters. The van der Waals surface area contributed by atoms with Gasteiger partial charge in [0.15, 0.2) is 5.78 Å². The largest absolute Gasteiger partial charge is 0.316 e. The summed E-state index contributed by atoms with van der Waals surface area (Å²) in [5.74, 6) is 0.730. The van der Waals surface area contributed by atoms with E-state index in [0.717, 1.165) is 37.1 Å². The zero-order valence-electron chi connectivity index (χ0n) is 10.5. The molecule has 1 saturated heterocycles. The maximum atomic E-state index is 12.0. The molecule has 0 saturated carbocycles. The van der Waals surface area contributed by atoms with Crippen LogP contribution in [0.15, 0.2) is 23.3 Å². The fourth-order valence-corrected chi connectivity index (χ4v) is 3.36. The molecule has 1 N–H and O–H groups in total. The minimum absolute atomic E-state index is 0.103. The average Bonchev–Trinajstić information content (AvgIpc) is 2.66. The highest BCUT2D eigenvalue weighted by molar-refractivity contribution is 6.09. The van der Waals surface area contributed by atoms with Gasteiger partial charge in [-0.1, -0.05) is 26.0 Å². The molecule has 1 aliphatic heterocycles. The Labute approximate surface area is 97.8 Å². The molecule has 1 heterocycles. The molecule has 0 bridgehead atoms. The Morgan fingerprint density at radius 2 is 2.12 bits per heavy atom. The molecule has 2 heteroatoms. The van der Waals surface area contributed by atoms with E-state index in [1.54, 1.807) is 0 Å². The third-order valence-electron chi connectivity index (χ3n) is 3.92. The van der Waals surface area contributed by atoms with Gasteiger partial charge in [0, 0.05) is 6.54 Å². The number of Topliss-reactive ketones (excluding diaryl/α,β-unsaturated/α-hetero) is 1. The summed E-state index contributed by atoms with van der Waals surface area (Å²) in [6.07, 6.45) is 1.98. The number of nitrogens with one attached hydrogen (secondary N) is 1. The van der Waals surface area contributed by atoms with Gasteiger partial charge in [0.2, 0.25) is 0 Å². The van der Waals surface area contributed by atoms with Crippen LogP contribution < -0.4 is 5.32 Å². The maximum absolute atomic E-state index is 12.0. The molecule has 0 aromatic heterocycles. The van der Waals surface area contributed by atoms with Crippen LogP contribution in [0.5, 0.6) is 0 Å². The molecule has 2 aliphatic rings. The molecule has 0 radical (unpaired) electrons. The van der Waals surface area contributed by atoms with Gasteiger partial charge in [0.05, 0.1) is 0 Å². The Morgan fingerprint density at radius 3 is 2.69 bits per heavy atom. The van der Waals surface area contributed by atoms with Crippen LogP contribution in [0.25, 0.3) is 0 Å². The SMILES string of the molecule is C=C1CC(C)(C)C(C2CCNC2)=C(C)C1=O. The number of hydrogen-bond acceptors (Lipinski definition) is 2. The average molecular weight is 219 g/mol. The molecule has 1 fully saturated rings. The van der Waals surface area contributed by atoms with Crippen molar-refractivity contribution in [3.8, 4) is 0 Å². The lowest BCUT2D eigenvalue weighted by atomic mass is 9.66. The maximum Gasteiger partial charge on any atom is 0.184 e. The van der Waals surface area contributed by atoms with Crippen LogP contribution in [0.3, 0.4) is 0 Å². The molecule has 2 nitrogen and oxygen atoms in total. The molecule has 0 aromatic carbocycles. The van der Waals surface area contributed by atoms with E-state index < -0.39 is 0 Å². The molecular formula is C14H21NO. The number of allylic oxidation sites excluding steroid dienone is 2. The van der Waals surface area contributed by atoms with Crippen molar-refractivity contribution in [3.63, 3.8) is 0 Å². The molecule has 0 aromatic rings. The Kier molecular flexibility index (Phi) is 2.79. The van der Waals surface area contributed by atoms with Crippen LogP contribution >= 0.6 is 0 Å². The quantitative estimate of drug-likeness (QED) is 0.686. The van der Waals surface area contributed by atoms with Crippen molar-refractivity contribution in [2.75, 3.05) is 13.1 Å². The molecule has 88 valence electrons. The lowest BCUT2D eigenvalue weighted by Gasteiger charge is -2.37. The second-order valence-electron chi connectivity index (χ2n) is 5.72. The number of rotatable bonds is 1. The predicted molar refractivity (Wildman–Crippen MR) is 66.2 cm³/mol. The van der Waals surface area contributed by atoms with Crippen molar-refractivity contribution >= 4 is 5.78 Å². The first-order chi connectivity index (χ1) is 7.43. The summed E-state index contributed by atoms with van der Waals surface area (Å²) in [6.45, 7) is 12.5. The van der Waals surface area contributed by atoms with Gasteiger partial charge < -0.3 is 5.32 Å². The van der Waals surface area contributed by atoms with E-state index in [0.29, 0.717) is 5.92 Å². The highest BCUT2D eigenvalue weighted by Crippen LogP contribution is 2.45. The van der Waals surface area contributed by atoms with E-state index in [9.17, 15) is 4.79 Å². The van der Waals surface area contributed by atoms with Gasteiger partial charge in [-0.25, -0.2) is 0 Å². The highest BCUT2D eigenvalue weighted by Gasteiger charge is 2.38. The normalized spacial score (nSPS) is 30.1. The van der Waals surface area contributed by atoms with Crippen molar-refractivity contribution in [2.45, 2.75) is 33.6 Å². The van der Waals surface area contributed by atoms with Gasteiger partial charge in [-0.3, -0.25) is 4.79 Å². The summed E-state index contributed by atoms with van der Waals surface area (Å²) in [6, 6.07) is 0. The van der Waals surface area contributed by atoms with E-state index in [1.807, 2.05) is 6.92 Å². The first-order valence-corrected chi connectivity index (χ1v) is 6.08. The van der Waals surface area contributed by atoms with E-state index >= 15 is 0 Å². The third kappa shape index (κ3) is 1.75. The van der Waals surface area contributed by atoms with E-state index in [2.05, 4.69) is 25.7 Å². The van der Waals surface area contributed by atoms with Gasteiger partial charge in [0.1, 0.15) is 0 Å². The molecule has 1 unspecified atom stereocenters. The molecule has 16 heavy (non-hydrogen) atoms. The van der Waals surface area contributed by atoms with Gasteiger partial charge in [-0.15, -0.1) is 0 Å². The van der Waals surface area contributed by atoms with E-state index in [4.69, 9.17) is 0 Å². The standard InChI is InChI=1S/C14H21NO/c1-9-7-14(3,4)12(10(2)13(9)16)11-5-6-15-8-11/h11,15H,1,5-8H2,2-4H3. The first-order valence-electron chi connectivity index (χ1n) is 6.08. The second kappa shape index (κ2) is 3.85.